The fraction of sp³-hybridized carbons (Fsp3) is 1.00. The molecule has 0 aliphatic heterocycles. The molecule has 0 amide bonds. The van der Waals surface area contributed by atoms with Crippen molar-refractivity contribution in [2.24, 2.45) is 5.41 Å². The predicted octanol–water partition coefficient (Wildman–Crippen LogP) is 4.33. The Morgan fingerprint density at radius 1 is 1.00 bits per heavy atom. The summed E-state index contributed by atoms with van der Waals surface area (Å²) in [5.74, 6) is 0. The molecule has 0 aromatic heterocycles. The smallest absolute Gasteiger partial charge is 0.0200 e. The molecule has 0 heterocycles. The second-order valence-corrected chi connectivity index (χ2v) is 6.60. The van der Waals surface area contributed by atoms with Crippen molar-refractivity contribution in [2.45, 2.75) is 23.5 Å². The molecule has 68 valence electrons. The van der Waals surface area contributed by atoms with Crippen LogP contribution in [0.5, 0.6) is 0 Å². The summed E-state index contributed by atoms with van der Waals surface area (Å²) in [5.41, 5.74) is 0.250. The summed E-state index contributed by atoms with van der Waals surface area (Å²) in [5, 5.41) is 1.98. The summed E-state index contributed by atoms with van der Waals surface area (Å²) in [6.07, 6.45) is 0. The van der Waals surface area contributed by atoms with Crippen LogP contribution in [-0.4, -0.2) is 20.3 Å². The van der Waals surface area contributed by atoms with Crippen LogP contribution < -0.4 is 0 Å². The number of hydrogen-bond donors (Lipinski definition) is 0. The molecule has 0 aliphatic rings. The van der Waals surface area contributed by atoms with Gasteiger partial charge < -0.3 is 0 Å². The van der Waals surface area contributed by atoms with Gasteiger partial charge in [0.25, 0.3) is 0 Å². The topological polar surface area (TPSA) is 0 Å². The standard InChI is InChI=1S/C7H12Br4/c1-5(10)7(3-8,4-9)6(2)11/h5-6H,3-4H2,1-2H3. The number of hydrogen-bond acceptors (Lipinski definition) is 0. The predicted molar refractivity (Wildman–Crippen MR) is 66.8 cm³/mol. The molecule has 0 aromatic rings. The minimum atomic E-state index is 0.250. The zero-order valence-corrected chi connectivity index (χ0v) is 12.9. The Labute approximate surface area is 102 Å². The molecule has 0 bridgehead atoms. The largest absolute Gasteiger partial charge is 0.0921 e. The average Bonchev–Trinajstić information content (AvgIpc) is 1.90. The quantitative estimate of drug-likeness (QED) is 0.600. The van der Waals surface area contributed by atoms with E-state index >= 15 is 0 Å². The molecule has 0 spiro atoms. The van der Waals surface area contributed by atoms with Gasteiger partial charge in [0.15, 0.2) is 0 Å². The highest BCUT2D eigenvalue weighted by molar-refractivity contribution is 9.11. The highest BCUT2D eigenvalue weighted by Crippen LogP contribution is 2.39. The van der Waals surface area contributed by atoms with Crippen molar-refractivity contribution in [3.05, 3.63) is 0 Å². The van der Waals surface area contributed by atoms with Gasteiger partial charge in [0, 0.05) is 25.7 Å². The lowest BCUT2D eigenvalue weighted by Gasteiger charge is -2.35. The Morgan fingerprint density at radius 2 is 1.27 bits per heavy atom. The molecule has 0 fully saturated rings. The van der Waals surface area contributed by atoms with Crippen molar-refractivity contribution in [2.75, 3.05) is 10.7 Å². The molecule has 2 atom stereocenters. The highest BCUT2D eigenvalue weighted by atomic mass is 79.9. The van der Waals surface area contributed by atoms with Gasteiger partial charge in [-0.2, -0.15) is 0 Å². The molecule has 0 nitrogen and oxygen atoms in total. The van der Waals surface area contributed by atoms with E-state index in [0.717, 1.165) is 10.7 Å². The fourth-order valence-electron chi connectivity index (χ4n) is 0.777. The van der Waals surface area contributed by atoms with E-state index in [0.29, 0.717) is 9.65 Å². The Kier molecular flexibility index (Phi) is 6.59. The second-order valence-electron chi connectivity index (χ2n) is 2.73. The highest BCUT2D eigenvalue weighted by Gasteiger charge is 2.37. The number of alkyl halides is 4. The van der Waals surface area contributed by atoms with E-state index in [1.165, 1.54) is 0 Å². The van der Waals surface area contributed by atoms with Crippen LogP contribution in [0, 0.1) is 5.41 Å². The van der Waals surface area contributed by atoms with Gasteiger partial charge in [0.2, 0.25) is 0 Å². The van der Waals surface area contributed by atoms with E-state index in [2.05, 4.69) is 77.6 Å². The summed E-state index contributed by atoms with van der Waals surface area (Å²) in [7, 11) is 0. The Morgan fingerprint density at radius 3 is 1.27 bits per heavy atom. The molecule has 0 radical (unpaired) electrons. The normalized spacial score (nSPS) is 18.0. The zero-order valence-electron chi connectivity index (χ0n) is 6.58. The van der Waals surface area contributed by atoms with Crippen LogP contribution in [-0.2, 0) is 0 Å². The first-order valence-electron chi connectivity index (χ1n) is 3.41. The molecule has 0 saturated carbocycles. The van der Waals surface area contributed by atoms with Crippen LogP contribution in [0.3, 0.4) is 0 Å². The van der Waals surface area contributed by atoms with Crippen molar-refractivity contribution in [1.82, 2.24) is 0 Å². The third kappa shape index (κ3) is 2.96. The van der Waals surface area contributed by atoms with E-state index < -0.39 is 0 Å². The molecule has 0 aliphatic carbocycles. The molecule has 0 saturated heterocycles. The first-order chi connectivity index (χ1) is 5.01. The van der Waals surface area contributed by atoms with Crippen molar-refractivity contribution in [1.29, 1.82) is 0 Å². The van der Waals surface area contributed by atoms with Gasteiger partial charge in [0.1, 0.15) is 0 Å². The van der Waals surface area contributed by atoms with Gasteiger partial charge in [-0.05, 0) is 0 Å². The molecule has 0 aromatic carbocycles. The first kappa shape index (κ1) is 12.9. The average molecular weight is 416 g/mol. The summed E-state index contributed by atoms with van der Waals surface area (Å²) in [6, 6.07) is 0. The molecular formula is C7H12Br4. The van der Waals surface area contributed by atoms with E-state index in [1.54, 1.807) is 0 Å². The molecule has 11 heavy (non-hydrogen) atoms. The lowest BCUT2D eigenvalue weighted by Crippen LogP contribution is -2.40. The summed E-state index contributed by atoms with van der Waals surface area (Å²) >= 11 is 14.3. The van der Waals surface area contributed by atoms with Crippen LogP contribution in [0.15, 0.2) is 0 Å². The second kappa shape index (κ2) is 5.61. The molecule has 0 rings (SSSR count). The maximum Gasteiger partial charge on any atom is 0.0200 e. The van der Waals surface area contributed by atoms with E-state index in [9.17, 15) is 0 Å². The number of rotatable bonds is 4. The Balaban J connectivity index is 4.46. The molecule has 4 heteroatoms. The van der Waals surface area contributed by atoms with E-state index in [1.807, 2.05) is 0 Å². The molecular weight excluding hydrogens is 404 g/mol. The maximum atomic E-state index is 3.63. The minimum absolute atomic E-state index is 0.250. The van der Waals surface area contributed by atoms with Gasteiger partial charge in [0.05, 0.1) is 0 Å². The van der Waals surface area contributed by atoms with E-state index in [4.69, 9.17) is 0 Å². The van der Waals surface area contributed by atoms with Crippen molar-refractivity contribution in [3.63, 3.8) is 0 Å². The minimum Gasteiger partial charge on any atom is -0.0921 e. The SMILES string of the molecule is CC(Br)C(CBr)(CBr)C(C)Br. The van der Waals surface area contributed by atoms with Gasteiger partial charge in [-0.1, -0.05) is 77.6 Å². The third-order valence-corrected chi connectivity index (χ3v) is 5.99. The zero-order chi connectivity index (χ0) is 9.07. The fourth-order valence-corrected chi connectivity index (χ4v) is 7.18. The van der Waals surface area contributed by atoms with Crippen LogP contribution in [0.2, 0.25) is 0 Å². The monoisotopic (exact) mass is 412 g/mol. The number of halogens is 4. The lowest BCUT2D eigenvalue weighted by atomic mass is 9.87. The van der Waals surface area contributed by atoms with Crippen LogP contribution >= 0.6 is 63.7 Å². The molecule has 2 unspecified atom stereocenters. The van der Waals surface area contributed by atoms with Crippen LogP contribution in [0.1, 0.15) is 13.8 Å². The van der Waals surface area contributed by atoms with Crippen molar-refractivity contribution in [3.8, 4) is 0 Å². The summed E-state index contributed by atoms with van der Waals surface area (Å²) in [4.78, 5) is 0.978. The van der Waals surface area contributed by atoms with Crippen LogP contribution in [0.4, 0.5) is 0 Å². The third-order valence-electron chi connectivity index (χ3n) is 2.08. The first-order valence-corrected chi connectivity index (χ1v) is 7.48. The van der Waals surface area contributed by atoms with Gasteiger partial charge in [-0.25, -0.2) is 0 Å². The Bertz CT molecular complexity index is 97.0. The van der Waals surface area contributed by atoms with Gasteiger partial charge in [-0.15, -0.1) is 0 Å². The lowest BCUT2D eigenvalue weighted by molar-refractivity contribution is 0.396. The maximum absolute atomic E-state index is 3.63. The summed E-state index contributed by atoms with van der Waals surface area (Å²) < 4.78 is 0. The van der Waals surface area contributed by atoms with Crippen LogP contribution in [0.25, 0.3) is 0 Å². The van der Waals surface area contributed by atoms with Gasteiger partial charge in [-0.3, -0.25) is 0 Å². The van der Waals surface area contributed by atoms with E-state index in [-0.39, 0.29) is 5.41 Å². The molecule has 0 N–H and O–H groups in total. The van der Waals surface area contributed by atoms with Crippen molar-refractivity contribution >= 4 is 63.7 Å². The van der Waals surface area contributed by atoms with Crippen molar-refractivity contribution < 1.29 is 0 Å². The Hall–Kier alpha value is 1.92. The summed E-state index contributed by atoms with van der Waals surface area (Å²) in [6.45, 7) is 4.36. The van der Waals surface area contributed by atoms with Gasteiger partial charge >= 0.3 is 0 Å².